The molecule has 1 fully saturated rings. The van der Waals surface area contributed by atoms with Gasteiger partial charge in [0, 0.05) is 17.0 Å². The summed E-state index contributed by atoms with van der Waals surface area (Å²) in [5.74, 6) is 0. The van der Waals surface area contributed by atoms with Crippen LogP contribution in [0.5, 0.6) is 0 Å². The smallest absolute Gasteiger partial charge is 0.110 e. The zero-order valence-corrected chi connectivity index (χ0v) is 10.1. The highest BCUT2D eigenvalue weighted by Crippen LogP contribution is 2.26. The average molecular weight is 236 g/mol. The molecular formula is C12H16N2OS. The molecule has 16 heavy (non-hydrogen) atoms. The fourth-order valence-electron chi connectivity index (χ4n) is 2.18. The predicted octanol–water partition coefficient (Wildman–Crippen LogP) is 2.18. The third-order valence-corrected chi connectivity index (χ3v) is 4.28. The topological polar surface area (TPSA) is 56.0 Å². The van der Waals surface area contributed by atoms with Crippen LogP contribution >= 0.6 is 11.3 Å². The van der Waals surface area contributed by atoms with Crippen molar-refractivity contribution in [1.29, 1.82) is 5.26 Å². The van der Waals surface area contributed by atoms with Crippen LogP contribution in [0, 0.1) is 11.3 Å². The molecule has 1 aromatic heterocycles. The predicted molar refractivity (Wildman–Crippen MR) is 64.2 cm³/mol. The number of hydrogen-bond acceptors (Lipinski definition) is 4. The van der Waals surface area contributed by atoms with Gasteiger partial charge in [-0.3, -0.25) is 0 Å². The number of aliphatic hydroxyl groups is 1. The molecule has 0 aromatic carbocycles. The maximum absolute atomic E-state index is 9.72. The van der Waals surface area contributed by atoms with Gasteiger partial charge < -0.3 is 10.4 Å². The van der Waals surface area contributed by atoms with E-state index in [0.717, 1.165) is 29.0 Å². The van der Waals surface area contributed by atoms with Gasteiger partial charge in [0.05, 0.1) is 6.10 Å². The van der Waals surface area contributed by atoms with Crippen molar-refractivity contribution < 1.29 is 5.11 Å². The summed E-state index contributed by atoms with van der Waals surface area (Å²) in [5.41, 5.74) is 0. The first-order chi connectivity index (χ1) is 7.70. The molecule has 0 spiro atoms. The summed E-state index contributed by atoms with van der Waals surface area (Å²) in [6, 6.07) is 6.41. The number of thiophene rings is 1. The summed E-state index contributed by atoms with van der Waals surface area (Å²) in [4.78, 5) is 1.91. The molecule has 1 aliphatic rings. The molecule has 3 nitrogen and oxygen atoms in total. The number of aliphatic hydroxyl groups excluding tert-OH is 1. The Morgan fingerprint density at radius 1 is 1.56 bits per heavy atom. The zero-order valence-electron chi connectivity index (χ0n) is 9.31. The van der Waals surface area contributed by atoms with Crippen molar-refractivity contribution in [2.45, 2.75) is 44.4 Å². The van der Waals surface area contributed by atoms with E-state index in [2.05, 4.69) is 18.3 Å². The van der Waals surface area contributed by atoms with E-state index in [4.69, 9.17) is 5.26 Å². The first-order valence-electron chi connectivity index (χ1n) is 5.64. The Morgan fingerprint density at radius 2 is 2.38 bits per heavy atom. The van der Waals surface area contributed by atoms with Gasteiger partial charge in [0.1, 0.15) is 10.9 Å². The van der Waals surface area contributed by atoms with Gasteiger partial charge in [-0.05, 0) is 38.3 Å². The molecule has 3 atom stereocenters. The normalized spacial score (nSPS) is 26.6. The van der Waals surface area contributed by atoms with Gasteiger partial charge in [-0.15, -0.1) is 11.3 Å². The fraction of sp³-hybridized carbons (Fsp3) is 0.583. The summed E-state index contributed by atoms with van der Waals surface area (Å²) >= 11 is 1.52. The molecule has 0 amide bonds. The lowest BCUT2D eigenvalue weighted by Gasteiger charge is -2.21. The SMILES string of the molecule is CC(NC1CCCC1O)c1ccc(C#N)s1. The lowest BCUT2D eigenvalue weighted by molar-refractivity contribution is 0.144. The Morgan fingerprint density at radius 3 is 2.94 bits per heavy atom. The molecule has 1 heterocycles. The van der Waals surface area contributed by atoms with Crippen LogP contribution < -0.4 is 5.32 Å². The first kappa shape index (κ1) is 11.6. The molecule has 0 radical (unpaired) electrons. The van der Waals surface area contributed by atoms with Gasteiger partial charge in [0.2, 0.25) is 0 Å². The van der Waals surface area contributed by atoms with Crippen molar-refractivity contribution in [2.24, 2.45) is 0 Å². The summed E-state index contributed by atoms with van der Waals surface area (Å²) in [6.45, 7) is 2.08. The van der Waals surface area contributed by atoms with Gasteiger partial charge in [-0.25, -0.2) is 0 Å². The van der Waals surface area contributed by atoms with Crippen LogP contribution in [0.25, 0.3) is 0 Å². The van der Waals surface area contributed by atoms with E-state index in [0.29, 0.717) is 0 Å². The lowest BCUT2D eigenvalue weighted by Crippen LogP contribution is -2.36. The molecule has 0 saturated heterocycles. The standard InChI is InChI=1S/C12H16N2OS/c1-8(12-6-5-9(7-13)16-12)14-10-3-2-4-11(10)15/h5-6,8,10-11,14-15H,2-4H2,1H3. The molecule has 0 aliphatic heterocycles. The molecule has 4 heteroatoms. The first-order valence-corrected chi connectivity index (χ1v) is 6.46. The van der Waals surface area contributed by atoms with Crippen molar-refractivity contribution in [2.75, 3.05) is 0 Å². The van der Waals surface area contributed by atoms with Gasteiger partial charge in [-0.2, -0.15) is 5.26 Å². The van der Waals surface area contributed by atoms with Crippen LogP contribution in [0.3, 0.4) is 0 Å². The molecular weight excluding hydrogens is 220 g/mol. The van der Waals surface area contributed by atoms with E-state index in [1.165, 1.54) is 11.3 Å². The maximum Gasteiger partial charge on any atom is 0.110 e. The van der Waals surface area contributed by atoms with E-state index >= 15 is 0 Å². The Bertz CT molecular complexity index is 396. The molecule has 1 aromatic rings. The van der Waals surface area contributed by atoms with Crippen LogP contribution in [0.2, 0.25) is 0 Å². The number of nitrogens with zero attached hydrogens (tertiary/aromatic N) is 1. The molecule has 3 unspecified atom stereocenters. The van der Waals surface area contributed by atoms with E-state index < -0.39 is 0 Å². The third-order valence-electron chi connectivity index (χ3n) is 3.11. The van der Waals surface area contributed by atoms with Crippen molar-refractivity contribution >= 4 is 11.3 Å². The fourth-order valence-corrected chi connectivity index (χ4v) is 3.00. The van der Waals surface area contributed by atoms with Crippen LogP contribution in [0.1, 0.15) is 42.0 Å². The zero-order chi connectivity index (χ0) is 11.5. The molecule has 0 bridgehead atoms. The quantitative estimate of drug-likeness (QED) is 0.845. The Labute approximate surface area is 99.7 Å². The molecule has 2 rings (SSSR count). The number of nitriles is 1. The van der Waals surface area contributed by atoms with Crippen LogP contribution in [-0.2, 0) is 0 Å². The van der Waals surface area contributed by atoms with E-state index in [9.17, 15) is 5.11 Å². The highest BCUT2D eigenvalue weighted by Gasteiger charge is 2.26. The molecule has 86 valence electrons. The minimum Gasteiger partial charge on any atom is -0.392 e. The number of nitrogens with one attached hydrogen (secondary N) is 1. The third kappa shape index (κ3) is 2.43. The van der Waals surface area contributed by atoms with Gasteiger partial charge >= 0.3 is 0 Å². The maximum atomic E-state index is 9.72. The monoisotopic (exact) mass is 236 g/mol. The van der Waals surface area contributed by atoms with Gasteiger partial charge in [0.25, 0.3) is 0 Å². The second-order valence-electron chi connectivity index (χ2n) is 4.31. The second kappa shape index (κ2) is 4.96. The number of rotatable bonds is 3. The van der Waals surface area contributed by atoms with Crippen molar-refractivity contribution in [3.8, 4) is 6.07 Å². The largest absolute Gasteiger partial charge is 0.392 e. The minimum atomic E-state index is -0.210. The Balaban J connectivity index is 1.97. The minimum absolute atomic E-state index is 0.210. The second-order valence-corrected chi connectivity index (χ2v) is 5.42. The summed E-state index contributed by atoms with van der Waals surface area (Å²) < 4.78 is 0. The number of hydrogen-bond donors (Lipinski definition) is 2. The van der Waals surface area contributed by atoms with Crippen molar-refractivity contribution in [3.63, 3.8) is 0 Å². The van der Waals surface area contributed by atoms with Gasteiger partial charge in [-0.1, -0.05) is 0 Å². The van der Waals surface area contributed by atoms with Gasteiger partial charge in [0.15, 0.2) is 0 Å². The highest BCUT2D eigenvalue weighted by molar-refractivity contribution is 7.12. The average Bonchev–Trinajstić information content (AvgIpc) is 2.88. The molecule has 1 saturated carbocycles. The highest BCUT2D eigenvalue weighted by atomic mass is 32.1. The summed E-state index contributed by atoms with van der Waals surface area (Å²) in [6.07, 6.45) is 2.83. The van der Waals surface area contributed by atoms with E-state index in [-0.39, 0.29) is 18.2 Å². The summed E-state index contributed by atoms with van der Waals surface area (Å²) in [5, 5.41) is 21.9. The molecule has 1 aliphatic carbocycles. The lowest BCUT2D eigenvalue weighted by atomic mass is 10.1. The van der Waals surface area contributed by atoms with Crippen molar-refractivity contribution in [1.82, 2.24) is 5.32 Å². The van der Waals surface area contributed by atoms with Crippen LogP contribution in [0.4, 0.5) is 0 Å². The van der Waals surface area contributed by atoms with E-state index in [1.807, 2.05) is 12.1 Å². The van der Waals surface area contributed by atoms with Crippen molar-refractivity contribution in [3.05, 3.63) is 21.9 Å². The van der Waals surface area contributed by atoms with Crippen LogP contribution in [-0.4, -0.2) is 17.3 Å². The van der Waals surface area contributed by atoms with Crippen LogP contribution in [0.15, 0.2) is 12.1 Å². The van der Waals surface area contributed by atoms with E-state index in [1.54, 1.807) is 0 Å². The Kier molecular flexibility index (Phi) is 3.59. The Hall–Kier alpha value is -0.890. The molecule has 2 N–H and O–H groups in total. The summed E-state index contributed by atoms with van der Waals surface area (Å²) in [7, 11) is 0.